The van der Waals surface area contributed by atoms with E-state index in [0.717, 1.165) is 6.42 Å². The zero-order valence-electron chi connectivity index (χ0n) is 8.30. The van der Waals surface area contributed by atoms with E-state index in [2.05, 4.69) is 26.1 Å². The van der Waals surface area contributed by atoms with Gasteiger partial charge in [0.1, 0.15) is 0 Å². The van der Waals surface area contributed by atoms with E-state index in [1.165, 1.54) is 0 Å². The van der Waals surface area contributed by atoms with E-state index in [9.17, 15) is 0 Å². The summed E-state index contributed by atoms with van der Waals surface area (Å²) in [5.74, 6) is 0. The zero-order chi connectivity index (χ0) is 9.61. The van der Waals surface area contributed by atoms with Gasteiger partial charge in [-0.1, -0.05) is 20.8 Å². The first kappa shape index (κ1) is 11.9. The number of aliphatic hydroxyl groups excluding tert-OH is 2. The molecule has 0 fully saturated rings. The van der Waals surface area contributed by atoms with Crippen molar-refractivity contribution in [2.75, 3.05) is 19.8 Å². The molecule has 0 aliphatic rings. The fourth-order valence-corrected chi connectivity index (χ4v) is 1.21. The highest BCUT2D eigenvalue weighted by Gasteiger charge is 2.22. The summed E-state index contributed by atoms with van der Waals surface area (Å²) in [6.07, 6.45) is 0.740. The normalized spacial score (nSPS) is 14.8. The van der Waals surface area contributed by atoms with Gasteiger partial charge in [-0.3, -0.25) is 0 Å². The van der Waals surface area contributed by atoms with Crippen LogP contribution in [0.3, 0.4) is 0 Å². The third-order valence-electron chi connectivity index (χ3n) is 1.97. The van der Waals surface area contributed by atoms with Crippen LogP contribution in [-0.2, 0) is 0 Å². The van der Waals surface area contributed by atoms with E-state index < -0.39 is 0 Å². The summed E-state index contributed by atoms with van der Waals surface area (Å²) in [7, 11) is 0. The molecule has 3 N–H and O–H groups in total. The summed E-state index contributed by atoms with van der Waals surface area (Å²) in [6, 6.07) is 0.273. The van der Waals surface area contributed by atoms with Crippen molar-refractivity contribution in [2.24, 2.45) is 5.41 Å². The number of hydrogen-bond donors (Lipinski definition) is 3. The van der Waals surface area contributed by atoms with Gasteiger partial charge in [-0.25, -0.2) is 0 Å². The van der Waals surface area contributed by atoms with Crippen LogP contribution in [0.2, 0.25) is 0 Å². The molecule has 1 unspecified atom stereocenters. The lowest BCUT2D eigenvalue weighted by atomic mass is 9.85. The molecular formula is C9H21NO2. The van der Waals surface area contributed by atoms with Crippen molar-refractivity contribution in [3.8, 4) is 0 Å². The Bertz CT molecular complexity index is 110. The zero-order valence-corrected chi connectivity index (χ0v) is 8.30. The van der Waals surface area contributed by atoms with Gasteiger partial charge >= 0.3 is 0 Å². The first-order chi connectivity index (χ1) is 5.52. The van der Waals surface area contributed by atoms with Crippen LogP contribution in [-0.4, -0.2) is 36.0 Å². The fraction of sp³-hybridized carbons (Fsp3) is 1.00. The maximum atomic E-state index is 8.80. The van der Waals surface area contributed by atoms with Crippen LogP contribution < -0.4 is 5.32 Å². The van der Waals surface area contributed by atoms with Crippen LogP contribution in [0.5, 0.6) is 0 Å². The smallest absolute Gasteiger partial charge is 0.0556 e. The second-order valence-corrected chi connectivity index (χ2v) is 4.11. The van der Waals surface area contributed by atoms with Crippen molar-refractivity contribution < 1.29 is 10.2 Å². The van der Waals surface area contributed by atoms with Gasteiger partial charge in [-0.2, -0.15) is 0 Å². The Morgan fingerprint density at radius 3 is 2.08 bits per heavy atom. The molecule has 0 rings (SSSR count). The van der Waals surface area contributed by atoms with Crippen molar-refractivity contribution in [3.63, 3.8) is 0 Å². The highest BCUT2D eigenvalue weighted by molar-refractivity contribution is 4.79. The molecule has 1 atom stereocenters. The third-order valence-corrected chi connectivity index (χ3v) is 1.97. The van der Waals surface area contributed by atoms with Crippen molar-refractivity contribution in [1.82, 2.24) is 5.32 Å². The van der Waals surface area contributed by atoms with E-state index in [1.807, 2.05) is 0 Å². The van der Waals surface area contributed by atoms with Gasteiger partial charge < -0.3 is 15.5 Å². The minimum absolute atomic E-state index is 0.137. The Balaban J connectivity index is 3.86. The predicted octanol–water partition coefficient (Wildman–Crippen LogP) is 0.365. The number of nitrogens with one attached hydrogen (secondary N) is 1. The maximum absolute atomic E-state index is 8.80. The van der Waals surface area contributed by atoms with Crippen molar-refractivity contribution in [3.05, 3.63) is 0 Å². The predicted molar refractivity (Wildman–Crippen MR) is 50.0 cm³/mol. The van der Waals surface area contributed by atoms with Crippen molar-refractivity contribution >= 4 is 0 Å². The average molecular weight is 175 g/mol. The summed E-state index contributed by atoms with van der Waals surface area (Å²) in [5, 5.41) is 20.6. The molecule has 0 aromatic carbocycles. The van der Waals surface area contributed by atoms with Crippen LogP contribution in [0, 0.1) is 5.41 Å². The van der Waals surface area contributed by atoms with Crippen LogP contribution in [0.15, 0.2) is 0 Å². The first-order valence-corrected chi connectivity index (χ1v) is 4.47. The lowest BCUT2D eigenvalue weighted by Crippen LogP contribution is -2.42. The largest absolute Gasteiger partial charge is 0.396 e. The molecule has 0 aliphatic carbocycles. The molecule has 0 radical (unpaired) electrons. The first-order valence-electron chi connectivity index (χ1n) is 4.47. The molecule has 74 valence electrons. The minimum atomic E-state index is 0.137. The second kappa shape index (κ2) is 5.51. The Kier molecular flexibility index (Phi) is 5.46. The number of rotatable bonds is 5. The fourth-order valence-electron chi connectivity index (χ4n) is 1.21. The average Bonchev–Trinajstić information content (AvgIpc) is 1.95. The Labute approximate surface area is 74.8 Å². The molecule has 3 heteroatoms. The molecule has 0 aliphatic heterocycles. The van der Waals surface area contributed by atoms with Gasteiger partial charge in [-0.05, 0) is 11.8 Å². The van der Waals surface area contributed by atoms with Crippen LogP contribution in [0.4, 0.5) is 0 Å². The summed E-state index contributed by atoms with van der Waals surface area (Å²) in [5.41, 5.74) is 0.137. The molecule has 0 bridgehead atoms. The molecule has 0 spiro atoms. The molecule has 0 aromatic rings. The molecule has 12 heavy (non-hydrogen) atoms. The molecule has 0 saturated carbocycles. The number of hydrogen-bond acceptors (Lipinski definition) is 3. The van der Waals surface area contributed by atoms with E-state index in [-0.39, 0.29) is 24.7 Å². The maximum Gasteiger partial charge on any atom is 0.0556 e. The van der Waals surface area contributed by atoms with Crippen LogP contribution in [0.1, 0.15) is 27.2 Å². The monoisotopic (exact) mass is 175 g/mol. The highest BCUT2D eigenvalue weighted by Crippen LogP contribution is 2.21. The van der Waals surface area contributed by atoms with Crippen LogP contribution >= 0.6 is 0 Å². The van der Waals surface area contributed by atoms with Gasteiger partial charge in [0, 0.05) is 19.2 Å². The Morgan fingerprint density at radius 1 is 1.17 bits per heavy atom. The Hall–Kier alpha value is -0.120. The molecule has 0 saturated heterocycles. The van der Waals surface area contributed by atoms with E-state index >= 15 is 0 Å². The van der Waals surface area contributed by atoms with Crippen molar-refractivity contribution in [1.29, 1.82) is 0 Å². The summed E-state index contributed by atoms with van der Waals surface area (Å²) in [4.78, 5) is 0. The molecule has 3 nitrogen and oxygen atoms in total. The summed E-state index contributed by atoms with van der Waals surface area (Å²) >= 11 is 0. The van der Waals surface area contributed by atoms with E-state index in [4.69, 9.17) is 10.2 Å². The van der Waals surface area contributed by atoms with E-state index in [1.54, 1.807) is 0 Å². The topological polar surface area (TPSA) is 52.5 Å². The number of aliphatic hydroxyl groups is 2. The highest BCUT2D eigenvalue weighted by atomic mass is 16.3. The Morgan fingerprint density at radius 2 is 1.75 bits per heavy atom. The van der Waals surface area contributed by atoms with Gasteiger partial charge in [-0.15, -0.1) is 0 Å². The standard InChI is InChI=1S/C9H21NO2/c1-9(2,3)8(4-6-11)10-5-7-12/h8,10-12H,4-7H2,1-3H3. The van der Waals surface area contributed by atoms with Gasteiger partial charge in [0.2, 0.25) is 0 Å². The van der Waals surface area contributed by atoms with Crippen molar-refractivity contribution in [2.45, 2.75) is 33.2 Å². The molecule has 0 aromatic heterocycles. The van der Waals surface area contributed by atoms with Crippen LogP contribution in [0.25, 0.3) is 0 Å². The minimum Gasteiger partial charge on any atom is -0.396 e. The quantitative estimate of drug-likeness (QED) is 0.565. The lowest BCUT2D eigenvalue weighted by Gasteiger charge is -2.31. The van der Waals surface area contributed by atoms with E-state index in [0.29, 0.717) is 6.54 Å². The second-order valence-electron chi connectivity index (χ2n) is 4.11. The lowest BCUT2D eigenvalue weighted by molar-refractivity contribution is 0.186. The van der Waals surface area contributed by atoms with Gasteiger partial charge in [0.15, 0.2) is 0 Å². The summed E-state index contributed by atoms with van der Waals surface area (Å²) < 4.78 is 0. The SMILES string of the molecule is CC(C)(C)C(CCO)NCCO. The summed E-state index contributed by atoms with van der Waals surface area (Å²) in [6.45, 7) is 7.31. The molecular weight excluding hydrogens is 154 g/mol. The van der Waals surface area contributed by atoms with Gasteiger partial charge in [0.25, 0.3) is 0 Å². The van der Waals surface area contributed by atoms with Gasteiger partial charge in [0.05, 0.1) is 6.61 Å². The molecule has 0 amide bonds. The third kappa shape index (κ3) is 4.70. The molecule has 0 heterocycles.